The van der Waals surface area contributed by atoms with E-state index in [1.165, 1.54) is 25.0 Å². The lowest BCUT2D eigenvalue weighted by Crippen LogP contribution is -2.21. The van der Waals surface area contributed by atoms with Crippen molar-refractivity contribution in [3.63, 3.8) is 0 Å². The molecule has 1 N–H and O–H groups in total. The zero-order chi connectivity index (χ0) is 16.9. The van der Waals surface area contributed by atoms with Crippen molar-refractivity contribution in [1.82, 2.24) is 15.3 Å². The van der Waals surface area contributed by atoms with E-state index in [-0.39, 0.29) is 11.9 Å². The molecule has 24 heavy (non-hydrogen) atoms. The summed E-state index contributed by atoms with van der Waals surface area (Å²) in [5.41, 5.74) is 1.80. The number of aromatic nitrogens is 2. The minimum absolute atomic E-state index is 0.0473. The summed E-state index contributed by atoms with van der Waals surface area (Å²) < 4.78 is 18.8. The van der Waals surface area contributed by atoms with Crippen LogP contribution in [0, 0.1) is 5.82 Å². The largest absolute Gasteiger partial charge is 0.496 e. The first-order valence-electron chi connectivity index (χ1n) is 8.30. The third-order valence-corrected chi connectivity index (χ3v) is 4.35. The zero-order valence-corrected chi connectivity index (χ0v) is 14.1. The van der Waals surface area contributed by atoms with Crippen molar-refractivity contribution in [3.05, 3.63) is 47.5 Å². The molecule has 0 bridgehead atoms. The number of rotatable bonds is 6. The third kappa shape index (κ3) is 3.82. The lowest BCUT2D eigenvalue weighted by atomic mass is 10.1. The van der Waals surface area contributed by atoms with Gasteiger partial charge in [0.15, 0.2) is 0 Å². The number of halogens is 1. The highest BCUT2D eigenvalue weighted by molar-refractivity contribution is 5.36. The van der Waals surface area contributed by atoms with Crippen molar-refractivity contribution in [2.24, 2.45) is 0 Å². The predicted molar refractivity (Wildman–Crippen MR) is 91.7 cm³/mol. The van der Waals surface area contributed by atoms with Gasteiger partial charge in [-0.15, -0.1) is 0 Å². The molecule has 1 aromatic carbocycles. The van der Waals surface area contributed by atoms with Crippen molar-refractivity contribution in [2.45, 2.75) is 32.4 Å². The van der Waals surface area contributed by atoms with Gasteiger partial charge in [-0.25, -0.2) is 14.4 Å². The van der Waals surface area contributed by atoms with E-state index >= 15 is 0 Å². The second-order valence-corrected chi connectivity index (χ2v) is 6.07. The van der Waals surface area contributed by atoms with Crippen LogP contribution in [0.1, 0.15) is 36.9 Å². The number of nitrogens with one attached hydrogen (secondary N) is 1. The Kier molecular flexibility index (Phi) is 5.25. The van der Waals surface area contributed by atoms with Crippen LogP contribution in [0.2, 0.25) is 0 Å². The topological polar surface area (TPSA) is 50.3 Å². The van der Waals surface area contributed by atoms with Gasteiger partial charge < -0.3 is 15.0 Å². The Hall–Kier alpha value is -2.21. The summed E-state index contributed by atoms with van der Waals surface area (Å²) in [6.45, 7) is 4.67. The molecule has 1 saturated heterocycles. The van der Waals surface area contributed by atoms with Crippen molar-refractivity contribution >= 4 is 5.95 Å². The van der Waals surface area contributed by atoms with Gasteiger partial charge in [-0.05, 0) is 38.0 Å². The second-order valence-electron chi connectivity index (χ2n) is 6.07. The number of hydrogen-bond donors (Lipinski definition) is 1. The number of benzene rings is 1. The van der Waals surface area contributed by atoms with Crippen LogP contribution in [0.25, 0.3) is 0 Å². The van der Waals surface area contributed by atoms with Crippen molar-refractivity contribution < 1.29 is 9.13 Å². The zero-order valence-electron chi connectivity index (χ0n) is 14.1. The van der Waals surface area contributed by atoms with Crippen LogP contribution in [0.3, 0.4) is 0 Å². The SMILES string of the molecule is COc1ccc(F)cc1C(C)NCc1cnc(N2CCCC2)nc1. The average Bonchev–Trinajstić information content (AvgIpc) is 3.14. The van der Waals surface area contributed by atoms with Gasteiger partial charge >= 0.3 is 0 Å². The normalized spacial score (nSPS) is 15.5. The lowest BCUT2D eigenvalue weighted by molar-refractivity contribution is 0.399. The molecule has 3 rings (SSSR count). The number of methoxy groups -OCH3 is 1. The van der Waals surface area contributed by atoms with Gasteiger partial charge in [0, 0.05) is 49.2 Å². The Morgan fingerprint density at radius 3 is 2.62 bits per heavy atom. The maximum atomic E-state index is 13.5. The summed E-state index contributed by atoms with van der Waals surface area (Å²) in [5, 5.41) is 3.37. The summed E-state index contributed by atoms with van der Waals surface area (Å²) in [6.07, 6.45) is 6.12. The molecule has 1 fully saturated rings. The Morgan fingerprint density at radius 1 is 1.25 bits per heavy atom. The van der Waals surface area contributed by atoms with Gasteiger partial charge in [0.05, 0.1) is 7.11 Å². The maximum absolute atomic E-state index is 13.5. The molecule has 0 amide bonds. The predicted octanol–water partition coefficient (Wildman–Crippen LogP) is 3.08. The van der Waals surface area contributed by atoms with E-state index in [9.17, 15) is 4.39 Å². The van der Waals surface area contributed by atoms with Crippen LogP contribution in [-0.4, -0.2) is 30.2 Å². The summed E-state index contributed by atoms with van der Waals surface area (Å²) >= 11 is 0. The first kappa shape index (κ1) is 16.6. The molecule has 0 spiro atoms. The maximum Gasteiger partial charge on any atom is 0.225 e. The first-order valence-corrected chi connectivity index (χ1v) is 8.30. The molecule has 0 aliphatic carbocycles. The van der Waals surface area contributed by atoms with Crippen LogP contribution in [-0.2, 0) is 6.54 Å². The van der Waals surface area contributed by atoms with Gasteiger partial charge in [-0.2, -0.15) is 0 Å². The van der Waals surface area contributed by atoms with Crippen molar-refractivity contribution in [1.29, 1.82) is 0 Å². The fraction of sp³-hybridized carbons (Fsp3) is 0.444. The summed E-state index contributed by atoms with van der Waals surface area (Å²) in [5.74, 6) is 1.21. The number of ether oxygens (including phenoxy) is 1. The molecule has 1 aliphatic rings. The Balaban J connectivity index is 1.61. The van der Waals surface area contributed by atoms with Crippen LogP contribution in [0.4, 0.5) is 10.3 Å². The average molecular weight is 330 g/mol. The van der Waals surface area contributed by atoms with Crippen LogP contribution in [0.5, 0.6) is 5.75 Å². The van der Waals surface area contributed by atoms with Crippen LogP contribution < -0.4 is 15.0 Å². The van der Waals surface area contributed by atoms with E-state index < -0.39 is 0 Å². The third-order valence-electron chi connectivity index (χ3n) is 4.35. The van der Waals surface area contributed by atoms with E-state index in [0.717, 1.165) is 30.2 Å². The molecule has 2 aromatic rings. The second kappa shape index (κ2) is 7.57. The van der Waals surface area contributed by atoms with Gasteiger partial charge in [-0.3, -0.25) is 0 Å². The monoisotopic (exact) mass is 330 g/mol. The number of anilines is 1. The Morgan fingerprint density at radius 2 is 1.96 bits per heavy atom. The number of hydrogen-bond acceptors (Lipinski definition) is 5. The molecular formula is C18H23FN4O. The quantitative estimate of drug-likeness (QED) is 0.882. The Bertz CT molecular complexity index is 671. The summed E-state index contributed by atoms with van der Waals surface area (Å²) in [4.78, 5) is 11.1. The van der Waals surface area contributed by atoms with Gasteiger partial charge in [0.25, 0.3) is 0 Å². The molecule has 2 heterocycles. The van der Waals surface area contributed by atoms with Gasteiger partial charge in [0.1, 0.15) is 11.6 Å². The molecule has 0 saturated carbocycles. The standard InChI is InChI=1S/C18H23FN4O/c1-13(16-9-15(19)5-6-17(16)24-2)20-10-14-11-21-18(22-12-14)23-7-3-4-8-23/h5-6,9,11-13,20H,3-4,7-8,10H2,1-2H3. The minimum atomic E-state index is -0.266. The van der Waals surface area contributed by atoms with Crippen LogP contribution in [0.15, 0.2) is 30.6 Å². The van der Waals surface area contributed by atoms with Crippen molar-refractivity contribution in [2.75, 3.05) is 25.1 Å². The number of nitrogens with zero attached hydrogens (tertiary/aromatic N) is 3. The van der Waals surface area contributed by atoms with E-state index in [4.69, 9.17) is 4.74 Å². The van der Waals surface area contributed by atoms with Crippen LogP contribution >= 0.6 is 0 Å². The molecule has 6 heteroatoms. The molecule has 1 atom stereocenters. The molecule has 1 aromatic heterocycles. The minimum Gasteiger partial charge on any atom is -0.496 e. The lowest BCUT2D eigenvalue weighted by Gasteiger charge is -2.18. The van der Waals surface area contributed by atoms with E-state index in [2.05, 4.69) is 20.2 Å². The van der Waals surface area contributed by atoms with E-state index in [0.29, 0.717) is 12.3 Å². The highest BCUT2D eigenvalue weighted by atomic mass is 19.1. The summed E-state index contributed by atoms with van der Waals surface area (Å²) in [7, 11) is 1.59. The fourth-order valence-electron chi connectivity index (χ4n) is 2.94. The molecule has 1 unspecified atom stereocenters. The molecule has 1 aliphatic heterocycles. The van der Waals surface area contributed by atoms with Crippen molar-refractivity contribution in [3.8, 4) is 5.75 Å². The molecular weight excluding hydrogens is 307 g/mol. The molecule has 128 valence electrons. The fourth-order valence-corrected chi connectivity index (χ4v) is 2.94. The summed E-state index contributed by atoms with van der Waals surface area (Å²) in [6, 6.07) is 4.51. The highest BCUT2D eigenvalue weighted by Gasteiger charge is 2.15. The first-order chi connectivity index (χ1) is 11.7. The molecule has 0 radical (unpaired) electrons. The van der Waals surface area contributed by atoms with E-state index in [1.54, 1.807) is 13.2 Å². The van der Waals surface area contributed by atoms with E-state index in [1.807, 2.05) is 19.3 Å². The van der Waals surface area contributed by atoms with Gasteiger partial charge in [0.2, 0.25) is 5.95 Å². The van der Waals surface area contributed by atoms with Gasteiger partial charge in [-0.1, -0.05) is 0 Å². The smallest absolute Gasteiger partial charge is 0.225 e. The molecule has 5 nitrogen and oxygen atoms in total. The Labute approximate surface area is 141 Å². The highest BCUT2D eigenvalue weighted by Crippen LogP contribution is 2.26.